The SMILES string of the molecule is c1ccc(N(c2ccccc2)c2cccc(-c3ccc4c(c3)oc3cccc(-c5nc(-c6cccc7oc8ccccc8c67)nc(-c6cccc7oc8ccccc8c67)n5)c34)c2)cc1. The van der Waals surface area contributed by atoms with Gasteiger partial charge in [0.25, 0.3) is 0 Å². The van der Waals surface area contributed by atoms with Gasteiger partial charge in [-0.05, 0) is 90.0 Å². The molecule has 4 heterocycles. The van der Waals surface area contributed by atoms with Crippen molar-refractivity contribution in [2.45, 2.75) is 0 Å². The number of fused-ring (bicyclic) bond motifs is 9. The van der Waals surface area contributed by atoms with Gasteiger partial charge in [0.15, 0.2) is 17.5 Å². The number of benzene rings is 9. The summed E-state index contributed by atoms with van der Waals surface area (Å²) in [5.74, 6) is 1.60. The number of hydrogen-bond donors (Lipinski definition) is 0. The van der Waals surface area contributed by atoms with Crippen LogP contribution in [0.2, 0.25) is 0 Å². The van der Waals surface area contributed by atoms with Crippen LogP contribution in [0.15, 0.2) is 220 Å². The van der Waals surface area contributed by atoms with Crippen LogP contribution in [0.3, 0.4) is 0 Å². The van der Waals surface area contributed by atoms with Gasteiger partial charge in [-0.3, -0.25) is 0 Å². The summed E-state index contributed by atoms with van der Waals surface area (Å²) in [6, 6.07) is 70.3. The van der Waals surface area contributed by atoms with Crippen molar-refractivity contribution in [3.63, 3.8) is 0 Å². The molecule has 0 aliphatic rings. The molecular formula is C57H34N4O3. The third-order valence-corrected chi connectivity index (χ3v) is 12.1. The lowest BCUT2D eigenvalue weighted by Gasteiger charge is -2.25. The Labute approximate surface area is 366 Å². The van der Waals surface area contributed by atoms with Gasteiger partial charge in [0.2, 0.25) is 0 Å². The van der Waals surface area contributed by atoms with Crippen LogP contribution in [-0.4, -0.2) is 15.0 Å². The van der Waals surface area contributed by atoms with Crippen molar-refractivity contribution >= 4 is 82.9 Å². The van der Waals surface area contributed by atoms with E-state index < -0.39 is 0 Å². The maximum absolute atomic E-state index is 6.71. The Balaban J connectivity index is 0.991. The molecule has 0 N–H and O–H groups in total. The highest BCUT2D eigenvalue weighted by Gasteiger charge is 2.23. The number of nitrogens with zero attached hydrogens (tertiary/aromatic N) is 4. The van der Waals surface area contributed by atoms with E-state index >= 15 is 0 Å². The van der Waals surface area contributed by atoms with Gasteiger partial charge in [-0.25, -0.2) is 15.0 Å². The Bertz CT molecular complexity index is 3750. The van der Waals surface area contributed by atoms with Gasteiger partial charge in [0, 0.05) is 66.1 Å². The van der Waals surface area contributed by atoms with Gasteiger partial charge in [-0.2, -0.15) is 0 Å². The minimum absolute atomic E-state index is 0.529. The average molecular weight is 823 g/mol. The topological polar surface area (TPSA) is 81.3 Å². The number of aromatic nitrogens is 3. The van der Waals surface area contributed by atoms with Crippen molar-refractivity contribution in [1.29, 1.82) is 0 Å². The first-order valence-electron chi connectivity index (χ1n) is 21.3. The summed E-state index contributed by atoms with van der Waals surface area (Å²) in [6.07, 6.45) is 0. The lowest BCUT2D eigenvalue weighted by atomic mass is 10.0. The molecule has 64 heavy (non-hydrogen) atoms. The minimum atomic E-state index is 0.529. The Kier molecular flexibility index (Phi) is 8.08. The van der Waals surface area contributed by atoms with Crippen LogP contribution in [0.1, 0.15) is 0 Å². The molecule has 7 nitrogen and oxygen atoms in total. The first kappa shape index (κ1) is 35.9. The molecular weight excluding hydrogens is 789 g/mol. The number of furan rings is 3. The summed E-state index contributed by atoms with van der Waals surface area (Å²) in [6.45, 7) is 0. The second-order valence-corrected chi connectivity index (χ2v) is 15.9. The van der Waals surface area contributed by atoms with E-state index in [9.17, 15) is 0 Å². The molecule has 0 radical (unpaired) electrons. The molecule has 0 aliphatic carbocycles. The zero-order chi connectivity index (χ0) is 42.1. The van der Waals surface area contributed by atoms with Crippen LogP contribution in [-0.2, 0) is 0 Å². The van der Waals surface area contributed by atoms with E-state index in [1.807, 2.05) is 84.9 Å². The normalized spacial score (nSPS) is 11.8. The molecule has 0 aliphatic heterocycles. The maximum Gasteiger partial charge on any atom is 0.164 e. The van der Waals surface area contributed by atoms with Crippen molar-refractivity contribution in [3.05, 3.63) is 206 Å². The molecule has 9 aromatic carbocycles. The highest BCUT2D eigenvalue weighted by molar-refractivity contribution is 6.15. The fourth-order valence-electron chi connectivity index (χ4n) is 9.28. The molecule has 0 amide bonds. The number of para-hydroxylation sites is 4. The highest BCUT2D eigenvalue weighted by Crippen LogP contribution is 2.43. The predicted octanol–water partition coefficient (Wildman–Crippen LogP) is 15.7. The summed E-state index contributed by atoms with van der Waals surface area (Å²) in [5.41, 5.74) is 12.5. The number of rotatable bonds is 7. The molecule has 13 aromatic rings. The fourth-order valence-corrected chi connectivity index (χ4v) is 9.28. The monoisotopic (exact) mass is 822 g/mol. The molecule has 7 heteroatoms. The van der Waals surface area contributed by atoms with Crippen LogP contribution >= 0.6 is 0 Å². The van der Waals surface area contributed by atoms with Gasteiger partial charge >= 0.3 is 0 Å². The summed E-state index contributed by atoms with van der Waals surface area (Å²) in [5, 5.41) is 5.79. The largest absolute Gasteiger partial charge is 0.456 e. The average Bonchev–Trinajstić information content (AvgIpc) is 4.06. The van der Waals surface area contributed by atoms with Crippen LogP contribution in [0, 0.1) is 0 Å². The fraction of sp³-hybridized carbons (Fsp3) is 0. The van der Waals surface area contributed by atoms with Gasteiger partial charge in [0.1, 0.15) is 33.5 Å². The van der Waals surface area contributed by atoms with Crippen molar-refractivity contribution in [1.82, 2.24) is 15.0 Å². The Morgan fingerprint density at radius 2 is 0.672 bits per heavy atom. The van der Waals surface area contributed by atoms with E-state index in [-0.39, 0.29) is 0 Å². The van der Waals surface area contributed by atoms with Crippen molar-refractivity contribution in [2.24, 2.45) is 0 Å². The zero-order valence-electron chi connectivity index (χ0n) is 34.1. The third-order valence-electron chi connectivity index (χ3n) is 12.1. The minimum Gasteiger partial charge on any atom is -0.456 e. The van der Waals surface area contributed by atoms with E-state index in [4.69, 9.17) is 28.2 Å². The molecule has 13 rings (SSSR count). The molecule has 0 saturated carbocycles. The number of hydrogen-bond acceptors (Lipinski definition) is 7. The standard InChI is InChI=1S/C57H34N4O3/c1-3-16-37(17-4-1)61(38-18-5-2-6-19-38)39-20-11-15-35(33-39)36-31-32-42-51(34-36)64-50-30-14-25-45(54(42)50)57-59-55(43-23-12-28-48-52(43)40-21-7-9-26-46(40)62-48)58-56(60-57)44-24-13-29-49-53(44)41-22-8-10-27-47(41)63-49/h1-34H. The van der Waals surface area contributed by atoms with E-state index in [1.54, 1.807) is 0 Å². The molecule has 0 unspecified atom stereocenters. The summed E-state index contributed by atoms with van der Waals surface area (Å²) >= 11 is 0. The Morgan fingerprint density at radius 3 is 1.19 bits per heavy atom. The molecule has 0 bridgehead atoms. The highest BCUT2D eigenvalue weighted by atomic mass is 16.3. The quantitative estimate of drug-likeness (QED) is 0.158. The first-order chi connectivity index (χ1) is 31.7. The van der Waals surface area contributed by atoms with Crippen LogP contribution in [0.25, 0.3) is 111 Å². The van der Waals surface area contributed by atoms with Crippen LogP contribution in [0.4, 0.5) is 17.1 Å². The van der Waals surface area contributed by atoms with E-state index in [0.717, 1.165) is 111 Å². The van der Waals surface area contributed by atoms with E-state index in [2.05, 4.69) is 126 Å². The van der Waals surface area contributed by atoms with E-state index in [1.165, 1.54) is 0 Å². The Hall–Kier alpha value is -8.81. The Morgan fingerprint density at radius 1 is 0.281 bits per heavy atom. The smallest absolute Gasteiger partial charge is 0.164 e. The first-order valence-corrected chi connectivity index (χ1v) is 21.3. The van der Waals surface area contributed by atoms with E-state index in [0.29, 0.717) is 17.5 Å². The second kappa shape index (κ2) is 14.4. The molecule has 4 aromatic heterocycles. The van der Waals surface area contributed by atoms with Crippen LogP contribution < -0.4 is 4.90 Å². The molecule has 0 spiro atoms. The van der Waals surface area contributed by atoms with Crippen LogP contribution in [0.5, 0.6) is 0 Å². The zero-order valence-corrected chi connectivity index (χ0v) is 34.1. The molecule has 300 valence electrons. The maximum atomic E-state index is 6.71. The van der Waals surface area contributed by atoms with Gasteiger partial charge < -0.3 is 18.2 Å². The van der Waals surface area contributed by atoms with Crippen molar-refractivity contribution in [2.75, 3.05) is 4.90 Å². The van der Waals surface area contributed by atoms with Crippen molar-refractivity contribution < 1.29 is 13.3 Å². The molecule has 0 saturated heterocycles. The lowest BCUT2D eigenvalue weighted by Crippen LogP contribution is -2.09. The molecule has 0 fully saturated rings. The third kappa shape index (κ3) is 5.79. The summed E-state index contributed by atoms with van der Waals surface area (Å²) < 4.78 is 19.4. The van der Waals surface area contributed by atoms with Crippen molar-refractivity contribution in [3.8, 4) is 45.3 Å². The van der Waals surface area contributed by atoms with Gasteiger partial charge in [0.05, 0.1) is 0 Å². The van der Waals surface area contributed by atoms with Gasteiger partial charge in [-0.15, -0.1) is 0 Å². The number of anilines is 3. The summed E-state index contributed by atoms with van der Waals surface area (Å²) in [7, 11) is 0. The second-order valence-electron chi connectivity index (χ2n) is 15.9. The predicted molar refractivity (Wildman–Crippen MR) is 258 cm³/mol. The van der Waals surface area contributed by atoms with Gasteiger partial charge in [-0.1, -0.05) is 127 Å². The lowest BCUT2D eigenvalue weighted by molar-refractivity contribution is 0.668. The summed E-state index contributed by atoms with van der Waals surface area (Å²) in [4.78, 5) is 18.2. The molecule has 0 atom stereocenters.